The molecule has 4 N–H and O–H groups in total. The lowest BCUT2D eigenvalue weighted by atomic mass is 9.99. The molecule has 56 heavy (non-hydrogen) atoms. The van der Waals surface area contributed by atoms with Crippen LogP contribution < -0.4 is 0 Å². The molecule has 0 aromatic heterocycles. The van der Waals surface area contributed by atoms with Crippen molar-refractivity contribution in [3.05, 3.63) is 24.3 Å². The van der Waals surface area contributed by atoms with Crippen molar-refractivity contribution in [2.75, 3.05) is 26.4 Å². The van der Waals surface area contributed by atoms with Crippen LogP contribution in [0, 0.1) is 0 Å². The van der Waals surface area contributed by atoms with Gasteiger partial charge in [-0.15, -0.1) is 0 Å². The molecule has 0 aliphatic carbocycles. The Balaban J connectivity index is 2.09. The maximum Gasteiger partial charge on any atom is 0.306 e. The fraction of sp³-hybridized carbons (Fsp3) is 0.894. The normalized spacial score (nSPS) is 20.7. The summed E-state index contributed by atoms with van der Waals surface area (Å²) in [7, 11) is 0. The average Bonchev–Trinajstić information content (AvgIpc) is 3.20. The molecule has 1 fully saturated rings. The monoisotopic (exact) mass is 797 g/mol. The quantitative estimate of drug-likeness (QED) is 0.0271. The molecule has 330 valence electrons. The highest BCUT2D eigenvalue weighted by atomic mass is 16.7. The Hall–Kier alpha value is -1.33. The fourth-order valence-corrected chi connectivity index (χ4v) is 7.17. The van der Waals surface area contributed by atoms with E-state index in [4.69, 9.17) is 18.9 Å². The summed E-state index contributed by atoms with van der Waals surface area (Å²) in [6.45, 7) is 4.52. The first-order chi connectivity index (χ1) is 27.4. The molecule has 1 saturated heterocycles. The largest absolute Gasteiger partial charge is 0.457 e. The molecule has 9 heteroatoms. The molecular formula is C47H88O9. The van der Waals surface area contributed by atoms with Crippen molar-refractivity contribution in [1.29, 1.82) is 0 Å². The van der Waals surface area contributed by atoms with Gasteiger partial charge in [-0.05, 0) is 44.9 Å². The third kappa shape index (κ3) is 29.8. The molecule has 0 bridgehead atoms. The van der Waals surface area contributed by atoms with Crippen LogP contribution in [0.4, 0.5) is 0 Å². The van der Waals surface area contributed by atoms with E-state index in [1.165, 1.54) is 148 Å². The van der Waals surface area contributed by atoms with Gasteiger partial charge in [0.25, 0.3) is 0 Å². The standard InChI is InChI=1S/C47H88O9/c1-3-5-7-9-11-12-13-14-15-16-17-18-19-20-21-22-23-24-25-26-27-28-29-31-33-35-37-53-39-41(55-43(49)36-34-32-30-10-8-6-4-2)40-54-47-46(52)45(51)44(50)42(38-48)56-47/h13-14,16-17,41-42,44-48,50-52H,3-12,15,18-40H2,1-2H3/b14-13-,17-16-. The number of carbonyl (C=O) groups is 1. The number of unbranched alkanes of at least 4 members (excludes halogenated alkanes) is 25. The maximum atomic E-state index is 12.6. The summed E-state index contributed by atoms with van der Waals surface area (Å²) in [5.41, 5.74) is 0. The number of allylic oxidation sites excluding steroid dienone is 4. The zero-order valence-corrected chi connectivity index (χ0v) is 36.1. The van der Waals surface area contributed by atoms with Crippen molar-refractivity contribution in [3.63, 3.8) is 0 Å². The molecule has 9 nitrogen and oxygen atoms in total. The van der Waals surface area contributed by atoms with Crippen LogP contribution in [0.5, 0.6) is 0 Å². The molecule has 0 aromatic rings. The van der Waals surface area contributed by atoms with Gasteiger partial charge in [0.2, 0.25) is 0 Å². The Kier molecular flexibility index (Phi) is 36.8. The molecule has 6 atom stereocenters. The minimum absolute atomic E-state index is 0.110. The minimum atomic E-state index is -1.53. The van der Waals surface area contributed by atoms with Crippen molar-refractivity contribution in [3.8, 4) is 0 Å². The molecule has 0 saturated carbocycles. The number of hydrogen-bond donors (Lipinski definition) is 4. The van der Waals surface area contributed by atoms with E-state index in [9.17, 15) is 25.2 Å². The topological polar surface area (TPSA) is 135 Å². The Morgan fingerprint density at radius 1 is 0.571 bits per heavy atom. The molecule has 1 rings (SSSR count). The van der Waals surface area contributed by atoms with Crippen LogP contribution in [0.15, 0.2) is 24.3 Å². The summed E-state index contributed by atoms with van der Waals surface area (Å²) in [6, 6.07) is 0. The summed E-state index contributed by atoms with van der Waals surface area (Å²) >= 11 is 0. The minimum Gasteiger partial charge on any atom is -0.457 e. The zero-order valence-electron chi connectivity index (χ0n) is 36.1. The average molecular weight is 797 g/mol. The number of aliphatic hydroxyl groups is 4. The van der Waals surface area contributed by atoms with Gasteiger partial charge in [0, 0.05) is 13.0 Å². The first-order valence-electron chi connectivity index (χ1n) is 23.4. The second-order valence-corrected chi connectivity index (χ2v) is 16.2. The highest BCUT2D eigenvalue weighted by molar-refractivity contribution is 5.69. The van der Waals surface area contributed by atoms with Crippen molar-refractivity contribution in [2.24, 2.45) is 0 Å². The van der Waals surface area contributed by atoms with Gasteiger partial charge in [0.15, 0.2) is 6.29 Å². The van der Waals surface area contributed by atoms with Crippen molar-refractivity contribution in [1.82, 2.24) is 0 Å². The van der Waals surface area contributed by atoms with Crippen molar-refractivity contribution >= 4 is 5.97 Å². The highest BCUT2D eigenvalue weighted by Gasteiger charge is 2.44. The smallest absolute Gasteiger partial charge is 0.306 e. The molecule has 1 aliphatic rings. The second kappa shape index (κ2) is 39.1. The molecule has 1 heterocycles. The summed E-state index contributed by atoms with van der Waals surface area (Å²) in [6.07, 6.45) is 38.1. The van der Waals surface area contributed by atoms with Gasteiger partial charge in [-0.1, -0.05) is 179 Å². The summed E-state index contributed by atoms with van der Waals surface area (Å²) in [5, 5.41) is 40.0. The number of rotatable bonds is 40. The van der Waals surface area contributed by atoms with Gasteiger partial charge in [-0.3, -0.25) is 4.79 Å². The first kappa shape index (κ1) is 52.7. The third-order valence-electron chi connectivity index (χ3n) is 10.9. The van der Waals surface area contributed by atoms with Gasteiger partial charge in [-0.2, -0.15) is 0 Å². The summed E-state index contributed by atoms with van der Waals surface area (Å²) in [5.74, 6) is -0.319. The lowest BCUT2D eigenvalue weighted by Gasteiger charge is -2.39. The van der Waals surface area contributed by atoms with E-state index in [-0.39, 0.29) is 19.2 Å². The van der Waals surface area contributed by atoms with Crippen molar-refractivity contribution in [2.45, 2.75) is 243 Å². The Labute approximate surface area is 343 Å². The number of aliphatic hydroxyl groups excluding tert-OH is 4. The van der Waals surface area contributed by atoms with E-state index in [0.29, 0.717) is 13.0 Å². The lowest BCUT2D eigenvalue weighted by Crippen LogP contribution is -2.59. The molecule has 0 spiro atoms. The van der Waals surface area contributed by atoms with Crippen molar-refractivity contribution < 1.29 is 44.2 Å². The Morgan fingerprint density at radius 3 is 1.54 bits per heavy atom. The van der Waals surface area contributed by atoms with E-state index in [2.05, 4.69) is 38.2 Å². The van der Waals surface area contributed by atoms with Crippen LogP contribution in [0.25, 0.3) is 0 Å². The number of esters is 1. The molecule has 0 amide bonds. The third-order valence-corrected chi connectivity index (χ3v) is 10.9. The summed E-state index contributed by atoms with van der Waals surface area (Å²) < 4.78 is 22.7. The Bertz CT molecular complexity index is 910. The van der Waals surface area contributed by atoms with Gasteiger partial charge in [0.05, 0.1) is 19.8 Å². The molecule has 0 radical (unpaired) electrons. The predicted octanol–water partition coefficient (Wildman–Crippen LogP) is 10.6. The van der Waals surface area contributed by atoms with Crippen LogP contribution in [0.3, 0.4) is 0 Å². The molecular weight excluding hydrogens is 709 g/mol. The van der Waals surface area contributed by atoms with Gasteiger partial charge in [0.1, 0.15) is 30.5 Å². The fourth-order valence-electron chi connectivity index (χ4n) is 7.17. The number of ether oxygens (including phenoxy) is 4. The zero-order chi connectivity index (χ0) is 40.7. The maximum absolute atomic E-state index is 12.6. The van der Waals surface area contributed by atoms with E-state index in [0.717, 1.165) is 38.5 Å². The van der Waals surface area contributed by atoms with Crippen LogP contribution in [0.2, 0.25) is 0 Å². The lowest BCUT2D eigenvalue weighted by molar-refractivity contribution is -0.305. The highest BCUT2D eigenvalue weighted by Crippen LogP contribution is 2.23. The van der Waals surface area contributed by atoms with Crippen LogP contribution >= 0.6 is 0 Å². The van der Waals surface area contributed by atoms with Gasteiger partial charge < -0.3 is 39.4 Å². The summed E-state index contributed by atoms with van der Waals surface area (Å²) in [4.78, 5) is 12.6. The second-order valence-electron chi connectivity index (χ2n) is 16.2. The van der Waals surface area contributed by atoms with E-state index < -0.39 is 43.4 Å². The van der Waals surface area contributed by atoms with Crippen LogP contribution in [-0.2, 0) is 23.7 Å². The predicted molar refractivity (Wildman–Crippen MR) is 229 cm³/mol. The van der Waals surface area contributed by atoms with E-state index >= 15 is 0 Å². The van der Waals surface area contributed by atoms with E-state index in [1.54, 1.807) is 0 Å². The molecule has 1 aliphatic heterocycles. The SMILES string of the molecule is CCCCCCC/C=C\C/C=C\CCCCCCCCCCCCCCCCOCC(COC1OC(CO)C(O)C(O)C1O)OC(=O)CCCCCCCCC. The van der Waals surface area contributed by atoms with Crippen LogP contribution in [0.1, 0.15) is 206 Å². The molecule has 0 aromatic carbocycles. The Morgan fingerprint density at radius 2 is 1.04 bits per heavy atom. The first-order valence-corrected chi connectivity index (χ1v) is 23.4. The van der Waals surface area contributed by atoms with Gasteiger partial charge in [-0.25, -0.2) is 0 Å². The van der Waals surface area contributed by atoms with Crippen LogP contribution in [-0.4, -0.2) is 89.6 Å². The molecule has 6 unspecified atom stereocenters. The number of hydrogen-bond acceptors (Lipinski definition) is 9. The van der Waals surface area contributed by atoms with E-state index in [1.807, 2.05) is 0 Å². The van der Waals surface area contributed by atoms with Gasteiger partial charge >= 0.3 is 5.97 Å². The number of carbonyl (C=O) groups excluding carboxylic acids is 1.